The first-order valence-corrected chi connectivity index (χ1v) is 10.6. The molecule has 0 spiro atoms. The molecule has 6 aromatic rings. The second kappa shape index (κ2) is 6.98. The number of aromatic nitrogens is 4. The summed E-state index contributed by atoms with van der Waals surface area (Å²) in [5.74, 6) is 0.471. The Morgan fingerprint density at radius 3 is 2.35 bits per heavy atom. The molecular weight excluding hydrogens is 436 g/mol. The van der Waals surface area contributed by atoms with Crippen molar-refractivity contribution >= 4 is 43.9 Å². The van der Waals surface area contributed by atoms with Gasteiger partial charge in [0.2, 0.25) is 0 Å². The lowest BCUT2D eigenvalue weighted by molar-refractivity contribution is 0.411. The van der Waals surface area contributed by atoms with Crippen LogP contribution >= 0.6 is 0 Å². The molecule has 4 aromatic heterocycles. The van der Waals surface area contributed by atoms with Gasteiger partial charge < -0.3 is 13.6 Å². The third-order valence-corrected chi connectivity index (χ3v) is 6.08. The minimum Gasteiger partial charge on any atom is -0.494 e. The number of methoxy groups -OCH3 is 1. The van der Waals surface area contributed by atoms with Gasteiger partial charge in [0.25, 0.3) is 0 Å². The molecule has 6 rings (SSSR count). The number of rotatable bonds is 2. The third kappa shape index (κ3) is 2.76. The van der Waals surface area contributed by atoms with Crippen molar-refractivity contribution in [3.8, 4) is 11.4 Å². The molecule has 0 bridgehead atoms. The summed E-state index contributed by atoms with van der Waals surface area (Å²) >= 11 is 0. The Kier molecular flexibility index (Phi) is 4.13. The van der Waals surface area contributed by atoms with Crippen LogP contribution in [0.1, 0.15) is 16.8 Å². The lowest BCUT2D eigenvalue weighted by atomic mass is 10.0. The predicted molar refractivity (Wildman–Crippen MR) is 127 cm³/mol. The van der Waals surface area contributed by atoms with Gasteiger partial charge in [-0.3, -0.25) is 0 Å². The summed E-state index contributed by atoms with van der Waals surface area (Å²) in [6.45, 7) is 5.60. The van der Waals surface area contributed by atoms with Gasteiger partial charge in [-0.25, -0.2) is 14.3 Å². The third-order valence-electron chi connectivity index (χ3n) is 6.08. The smallest absolute Gasteiger partial charge is 0.336 e. The van der Waals surface area contributed by atoms with Crippen LogP contribution in [-0.4, -0.2) is 27.1 Å². The molecule has 0 unspecified atom stereocenters. The fraction of sp³-hybridized carbons (Fsp3) is 0.160. The van der Waals surface area contributed by atoms with Crippen molar-refractivity contribution in [1.82, 2.24) is 20.0 Å². The van der Waals surface area contributed by atoms with E-state index in [0.717, 1.165) is 27.3 Å². The van der Waals surface area contributed by atoms with Crippen molar-refractivity contribution in [3.63, 3.8) is 0 Å². The van der Waals surface area contributed by atoms with Crippen LogP contribution in [0.4, 0.5) is 0 Å². The van der Waals surface area contributed by atoms with Crippen LogP contribution in [0.3, 0.4) is 0 Å². The zero-order valence-electron chi connectivity index (χ0n) is 18.8. The van der Waals surface area contributed by atoms with E-state index in [2.05, 4.69) is 10.2 Å². The number of hydrogen-bond acceptors (Lipinski definition) is 8. The van der Waals surface area contributed by atoms with Gasteiger partial charge >= 0.3 is 11.3 Å². The lowest BCUT2D eigenvalue weighted by Crippen LogP contribution is -2.04. The van der Waals surface area contributed by atoms with Crippen molar-refractivity contribution in [2.75, 3.05) is 7.11 Å². The number of hydrogen-bond donors (Lipinski definition) is 0. The maximum Gasteiger partial charge on any atom is 0.336 e. The monoisotopic (exact) mass is 454 g/mol. The quantitative estimate of drug-likeness (QED) is 0.284. The van der Waals surface area contributed by atoms with E-state index >= 15 is 0 Å². The predicted octanol–water partition coefficient (Wildman–Crippen LogP) is 4.12. The van der Waals surface area contributed by atoms with E-state index in [9.17, 15) is 9.59 Å². The highest BCUT2D eigenvalue weighted by Gasteiger charge is 2.22. The molecular formula is C25H18N4O5. The first kappa shape index (κ1) is 20.1. The molecule has 0 aliphatic rings. The molecule has 0 radical (unpaired) electrons. The first-order chi connectivity index (χ1) is 16.4. The number of ether oxygens (including phenoxy) is 1. The Labute approximate surface area is 191 Å². The van der Waals surface area contributed by atoms with Crippen LogP contribution in [-0.2, 0) is 0 Å². The van der Waals surface area contributed by atoms with Crippen LogP contribution in [0.25, 0.3) is 49.6 Å². The number of aryl methyl sites for hydroxylation is 3. The van der Waals surface area contributed by atoms with Gasteiger partial charge in [-0.2, -0.15) is 5.10 Å². The lowest BCUT2D eigenvalue weighted by Gasteiger charge is -2.13. The first-order valence-electron chi connectivity index (χ1n) is 10.6. The van der Waals surface area contributed by atoms with Crippen molar-refractivity contribution in [1.29, 1.82) is 0 Å². The number of nitrogens with zero attached hydrogens (tertiary/aromatic N) is 4. The van der Waals surface area contributed by atoms with Crippen LogP contribution in [0, 0.1) is 20.8 Å². The molecule has 0 saturated heterocycles. The van der Waals surface area contributed by atoms with Gasteiger partial charge in [-0.05, 0) is 50.1 Å². The highest BCUT2D eigenvalue weighted by atomic mass is 16.5. The zero-order valence-corrected chi connectivity index (χ0v) is 18.8. The van der Waals surface area contributed by atoms with E-state index in [1.165, 1.54) is 12.1 Å². The van der Waals surface area contributed by atoms with Crippen molar-refractivity contribution < 1.29 is 13.6 Å². The maximum absolute atomic E-state index is 11.9. The fourth-order valence-corrected chi connectivity index (χ4v) is 4.50. The molecule has 0 fully saturated rings. The summed E-state index contributed by atoms with van der Waals surface area (Å²) in [7, 11) is 1.54. The summed E-state index contributed by atoms with van der Waals surface area (Å²) in [6, 6.07) is 9.91. The SMILES string of the molecule is COc1cc2oc(=O)cc(C)c2cc1-n1nc(C)c2nnc3c(C)cc4oc(=O)ccc4c3c21. The van der Waals surface area contributed by atoms with E-state index in [1.807, 2.05) is 26.8 Å². The minimum atomic E-state index is -0.428. The van der Waals surface area contributed by atoms with Gasteiger partial charge in [-0.1, -0.05) is 0 Å². The maximum atomic E-state index is 11.9. The van der Waals surface area contributed by atoms with Gasteiger partial charge in [-0.15, -0.1) is 10.2 Å². The van der Waals surface area contributed by atoms with Gasteiger partial charge in [0.1, 0.15) is 33.6 Å². The van der Waals surface area contributed by atoms with Crippen molar-refractivity contribution in [2.45, 2.75) is 20.8 Å². The molecule has 0 N–H and O–H groups in total. The van der Waals surface area contributed by atoms with Crippen LogP contribution in [0.5, 0.6) is 5.75 Å². The topological polar surface area (TPSA) is 113 Å². The van der Waals surface area contributed by atoms with Crippen LogP contribution in [0.2, 0.25) is 0 Å². The summed E-state index contributed by atoms with van der Waals surface area (Å²) in [4.78, 5) is 23.8. The second-order valence-electron chi connectivity index (χ2n) is 8.25. The highest BCUT2D eigenvalue weighted by molar-refractivity contribution is 6.17. The number of fused-ring (bicyclic) bond motifs is 6. The molecule has 9 nitrogen and oxygen atoms in total. The minimum absolute atomic E-state index is 0.423. The fourth-order valence-electron chi connectivity index (χ4n) is 4.50. The van der Waals surface area contributed by atoms with E-state index in [1.54, 1.807) is 30.0 Å². The highest BCUT2D eigenvalue weighted by Crippen LogP contribution is 2.37. The average Bonchev–Trinajstić information content (AvgIpc) is 3.14. The summed E-state index contributed by atoms with van der Waals surface area (Å²) in [5.41, 5.74) is 4.94. The van der Waals surface area contributed by atoms with E-state index < -0.39 is 11.3 Å². The molecule has 2 aromatic carbocycles. The summed E-state index contributed by atoms with van der Waals surface area (Å²) in [5, 5.41) is 15.9. The molecule has 0 saturated carbocycles. The molecule has 0 amide bonds. The molecule has 9 heteroatoms. The largest absolute Gasteiger partial charge is 0.494 e. The summed E-state index contributed by atoms with van der Waals surface area (Å²) in [6.07, 6.45) is 0. The van der Waals surface area contributed by atoms with Gasteiger partial charge in [0, 0.05) is 34.4 Å². The van der Waals surface area contributed by atoms with E-state index in [0.29, 0.717) is 44.8 Å². The molecule has 0 atom stereocenters. The molecule has 0 aliphatic carbocycles. The van der Waals surface area contributed by atoms with E-state index in [4.69, 9.17) is 18.7 Å². The second-order valence-corrected chi connectivity index (χ2v) is 8.25. The zero-order chi connectivity index (χ0) is 23.7. The van der Waals surface area contributed by atoms with Crippen LogP contribution < -0.4 is 16.0 Å². The Morgan fingerprint density at radius 1 is 0.824 bits per heavy atom. The normalized spacial score (nSPS) is 11.8. The Hall–Kier alpha value is -4.53. The Morgan fingerprint density at radius 2 is 1.56 bits per heavy atom. The molecule has 0 aliphatic heterocycles. The van der Waals surface area contributed by atoms with Gasteiger partial charge in [0.15, 0.2) is 0 Å². The summed E-state index contributed by atoms with van der Waals surface area (Å²) < 4.78 is 18.3. The number of benzene rings is 2. The van der Waals surface area contributed by atoms with E-state index in [-0.39, 0.29) is 0 Å². The average molecular weight is 454 g/mol. The Bertz CT molecular complexity index is 1930. The van der Waals surface area contributed by atoms with Crippen molar-refractivity contribution in [3.05, 3.63) is 74.1 Å². The molecule has 168 valence electrons. The molecule has 4 heterocycles. The standard InChI is InChI=1S/C25H18N4O5/c1-11-8-21(31)34-18-10-19(32-4)16(9-15(11)18)29-25-22-14-5-6-20(30)33-17(14)7-12(2)23(22)26-27-24(25)13(3)28-29/h5-10H,1-4H3. The van der Waals surface area contributed by atoms with Gasteiger partial charge in [0.05, 0.1) is 18.3 Å². The van der Waals surface area contributed by atoms with Crippen molar-refractivity contribution in [2.24, 2.45) is 0 Å². The molecule has 34 heavy (non-hydrogen) atoms. The Balaban J connectivity index is 1.83. The van der Waals surface area contributed by atoms with Crippen LogP contribution in [0.15, 0.2) is 54.8 Å².